The summed E-state index contributed by atoms with van der Waals surface area (Å²) in [5.74, 6) is 0.581. The molecule has 2 aliphatic rings. The summed E-state index contributed by atoms with van der Waals surface area (Å²) in [6.07, 6.45) is 6.33. The van der Waals surface area contributed by atoms with E-state index in [1.54, 1.807) is 23.1 Å². The van der Waals surface area contributed by atoms with Crippen molar-refractivity contribution in [1.82, 2.24) is 4.90 Å². The first-order valence-corrected chi connectivity index (χ1v) is 11.9. The Balaban J connectivity index is 1.95. The molecule has 33 heavy (non-hydrogen) atoms. The second kappa shape index (κ2) is 10.7. The van der Waals surface area contributed by atoms with Crippen LogP contribution in [0, 0.1) is 11.3 Å². The van der Waals surface area contributed by atoms with Crippen LogP contribution in [-0.2, 0) is 19.1 Å². The minimum atomic E-state index is -0.790. The van der Waals surface area contributed by atoms with Gasteiger partial charge >= 0.3 is 5.97 Å². The molecule has 1 aromatic carbocycles. The molecule has 7 nitrogen and oxygen atoms in total. The van der Waals surface area contributed by atoms with Crippen LogP contribution in [0.4, 0.5) is 0 Å². The quantitative estimate of drug-likeness (QED) is 0.372. The van der Waals surface area contributed by atoms with Crippen LogP contribution in [0.3, 0.4) is 0 Å². The molecule has 7 heteroatoms. The number of ether oxygens (including phenoxy) is 3. The lowest BCUT2D eigenvalue weighted by molar-refractivity contribution is -0.177. The van der Waals surface area contributed by atoms with Gasteiger partial charge in [0, 0.05) is 18.6 Å². The average Bonchev–Trinajstić information content (AvgIpc) is 3.17. The third-order valence-electron chi connectivity index (χ3n) is 6.58. The molecule has 1 amide bonds. The Morgan fingerprint density at radius 2 is 2.00 bits per heavy atom. The molecule has 0 N–H and O–H groups in total. The molecule has 0 radical (unpaired) electrons. The van der Waals surface area contributed by atoms with Crippen molar-refractivity contribution in [3.05, 3.63) is 41.2 Å². The molecule has 2 atom stereocenters. The fourth-order valence-corrected chi connectivity index (χ4v) is 4.72. The Labute approximate surface area is 196 Å². The van der Waals surface area contributed by atoms with E-state index in [9.17, 15) is 14.9 Å². The molecule has 0 saturated heterocycles. The van der Waals surface area contributed by atoms with Crippen molar-refractivity contribution in [2.45, 2.75) is 84.0 Å². The number of nitriles is 1. The lowest BCUT2D eigenvalue weighted by atomic mass is 9.79. The highest BCUT2D eigenvalue weighted by molar-refractivity contribution is 5.91. The molecule has 2 heterocycles. The summed E-state index contributed by atoms with van der Waals surface area (Å²) in [6.45, 7) is 8.35. The number of rotatable bonds is 10. The molecular weight excluding hydrogens is 420 g/mol. The second-order valence-corrected chi connectivity index (χ2v) is 8.70. The van der Waals surface area contributed by atoms with Gasteiger partial charge in [-0.2, -0.15) is 5.26 Å². The first-order chi connectivity index (χ1) is 15.9. The van der Waals surface area contributed by atoms with E-state index in [2.05, 4.69) is 13.0 Å². The van der Waals surface area contributed by atoms with Crippen LogP contribution in [0.1, 0.15) is 83.4 Å². The Morgan fingerprint density at radius 3 is 2.64 bits per heavy atom. The number of carbonyl (C=O) groups is 2. The van der Waals surface area contributed by atoms with Gasteiger partial charge in [0.25, 0.3) is 5.91 Å². The standard InChI is InChI=1S/C26H34N2O5/c1-5-8-9-10-13-31-20-15-23(30)28(17-20)24-21-14-19(16-27)11-12-22(21)33-26(6-2,7-3)25(24)32-18(4)29/h11-12,14-15,24-25H,5-10,13,17H2,1-4H3/t24-,25+/m1/s1. The summed E-state index contributed by atoms with van der Waals surface area (Å²) in [5.41, 5.74) is 0.335. The molecule has 0 saturated carbocycles. The van der Waals surface area contributed by atoms with Gasteiger partial charge in [-0.1, -0.05) is 40.0 Å². The molecular formula is C26H34N2O5. The van der Waals surface area contributed by atoms with E-state index in [0.717, 1.165) is 25.7 Å². The van der Waals surface area contributed by atoms with E-state index in [-0.39, 0.29) is 12.5 Å². The van der Waals surface area contributed by atoms with E-state index in [1.807, 2.05) is 13.8 Å². The predicted molar refractivity (Wildman–Crippen MR) is 123 cm³/mol. The average molecular weight is 455 g/mol. The van der Waals surface area contributed by atoms with Gasteiger partial charge in [0.2, 0.25) is 0 Å². The Kier molecular flexibility index (Phi) is 8.01. The highest BCUT2D eigenvalue weighted by Crippen LogP contribution is 2.48. The highest BCUT2D eigenvalue weighted by Gasteiger charge is 2.53. The minimum absolute atomic E-state index is 0.197. The van der Waals surface area contributed by atoms with Crippen LogP contribution >= 0.6 is 0 Å². The SMILES string of the molecule is CCCCCCOC1=CC(=O)N([C@@H]2c3cc(C#N)ccc3OC(CC)(CC)[C@H]2OC(C)=O)C1. The third kappa shape index (κ3) is 5.16. The van der Waals surface area contributed by atoms with Gasteiger partial charge in [0.1, 0.15) is 23.2 Å². The summed E-state index contributed by atoms with van der Waals surface area (Å²) < 4.78 is 18.2. The van der Waals surface area contributed by atoms with Crippen LogP contribution < -0.4 is 4.74 Å². The lowest BCUT2D eigenvalue weighted by Crippen LogP contribution is -2.58. The molecule has 3 rings (SSSR count). The number of nitrogens with zero attached hydrogens (tertiary/aromatic N) is 2. The second-order valence-electron chi connectivity index (χ2n) is 8.70. The van der Waals surface area contributed by atoms with Gasteiger partial charge in [-0.25, -0.2) is 0 Å². The van der Waals surface area contributed by atoms with Crippen molar-refractivity contribution in [2.75, 3.05) is 13.2 Å². The van der Waals surface area contributed by atoms with Crippen molar-refractivity contribution in [2.24, 2.45) is 0 Å². The molecule has 0 aromatic heterocycles. The molecule has 0 fully saturated rings. The molecule has 0 unspecified atom stereocenters. The Morgan fingerprint density at radius 1 is 1.24 bits per heavy atom. The zero-order chi connectivity index (χ0) is 24.0. The van der Waals surface area contributed by atoms with Crippen LogP contribution in [0.5, 0.6) is 5.75 Å². The van der Waals surface area contributed by atoms with Gasteiger partial charge in [-0.3, -0.25) is 9.59 Å². The van der Waals surface area contributed by atoms with Gasteiger partial charge in [-0.15, -0.1) is 0 Å². The third-order valence-corrected chi connectivity index (χ3v) is 6.58. The fourth-order valence-electron chi connectivity index (χ4n) is 4.72. The van der Waals surface area contributed by atoms with E-state index in [0.29, 0.717) is 42.1 Å². The molecule has 0 bridgehead atoms. The van der Waals surface area contributed by atoms with Crippen LogP contribution in [0.25, 0.3) is 0 Å². The number of amides is 1. The monoisotopic (exact) mass is 454 g/mol. The number of hydrogen-bond donors (Lipinski definition) is 0. The number of esters is 1. The molecule has 0 spiro atoms. The van der Waals surface area contributed by atoms with Crippen LogP contribution in [0.2, 0.25) is 0 Å². The topological polar surface area (TPSA) is 88.9 Å². The van der Waals surface area contributed by atoms with Gasteiger partial charge in [0.15, 0.2) is 6.10 Å². The summed E-state index contributed by atoms with van der Waals surface area (Å²) in [5, 5.41) is 9.46. The number of unbranched alkanes of at least 4 members (excludes halogenated alkanes) is 3. The van der Waals surface area contributed by atoms with Crippen molar-refractivity contribution in [1.29, 1.82) is 5.26 Å². The van der Waals surface area contributed by atoms with Gasteiger partial charge in [-0.05, 0) is 37.5 Å². The zero-order valence-corrected chi connectivity index (χ0v) is 20.1. The van der Waals surface area contributed by atoms with E-state index in [4.69, 9.17) is 14.2 Å². The number of hydrogen-bond acceptors (Lipinski definition) is 6. The minimum Gasteiger partial charge on any atom is -0.496 e. The first kappa shape index (κ1) is 24.6. The summed E-state index contributed by atoms with van der Waals surface area (Å²) in [6, 6.07) is 6.76. The number of carbonyl (C=O) groups excluding carboxylic acids is 2. The van der Waals surface area contributed by atoms with Crippen molar-refractivity contribution < 1.29 is 23.8 Å². The summed E-state index contributed by atoms with van der Waals surface area (Å²) >= 11 is 0. The molecule has 1 aromatic rings. The zero-order valence-electron chi connectivity index (χ0n) is 20.1. The van der Waals surface area contributed by atoms with Crippen molar-refractivity contribution >= 4 is 11.9 Å². The predicted octanol–water partition coefficient (Wildman–Crippen LogP) is 4.81. The van der Waals surface area contributed by atoms with Crippen molar-refractivity contribution in [3.63, 3.8) is 0 Å². The summed E-state index contributed by atoms with van der Waals surface area (Å²) in [4.78, 5) is 26.9. The van der Waals surface area contributed by atoms with Crippen molar-refractivity contribution in [3.8, 4) is 11.8 Å². The van der Waals surface area contributed by atoms with Gasteiger partial charge in [0.05, 0.1) is 24.8 Å². The maximum Gasteiger partial charge on any atom is 0.303 e. The molecule has 0 aliphatic carbocycles. The van der Waals surface area contributed by atoms with E-state index < -0.39 is 23.7 Å². The normalized spacial score (nSPS) is 21.0. The smallest absolute Gasteiger partial charge is 0.303 e. The molecule has 178 valence electrons. The number of fused-ring (bicyclic) bond motifs is 1. The fraction of sp³-hybridized carbons (Fsp3) is 0.577. The maximum absolute atomic E-state index is 13.1. The Hall–Kier alpha value is -3.01. The highest BCUT2D eigenvalue weighted by atomic mass is 16.6. The maximum atomic E-state index is 13.1. The Bertz CT molecular complexity index is 944. The van der Waals surface area contributed by atoms with E-state index >= 15 is 0 Å². The van der Waals surface area contributed by atoms with Gasteiger partial charge < -0.3 is 19.1 Å². The summed E-state index contributed by atoms with van der Waals surface area (Å²) in [7, 11) is 0. The lowest BCUT2D eigenvalue weighted by Gasteiger charge is -2.49. The first-order valence-electron chi connectivity index (χ1n) is 11.9. The van der Waals surface area contributed by atoms with Crippen LogP contribution in [0.15, 0.2) is 30.0 Å². The molecule has 2 aliphatic heterocycles. The van der Waals surface area contributed by atoms with Crippen LogP contribution in [-0.4, -0.2) is 41.6 Å². The van der Waals surface area contributed by atoms with E-state index in [1.165, 1.54) is 13.0 Å². The number of benzene rings is 1. The largest absolute Gasteiger partial charge is 0.496 e.